The molecular weight excluding hydrogens is 1910 g/mol. The van der Waals surface area contributed by atoms with Crippen molar-refractivity contribution < 1.29 is 246 Å². The molecule has 44 nitrogen and oxygen atoms in total. The normalized spacial score (nSPS) is 36.0. The van der Waals surface area contributed by atoms with Crippen LogP contribution < -0.4 is 34.5 Å². The molecule has 6 heterocycles. The second-order valence-electron chi connectivity index (χ2n) is 39.3. The number of aliphatic hydroxyl groups is 22. The summed E-state index contributed by atoms with van der Waals surface area (Å²) >= 11 is 0. The number of ether oxygens (including phenoxy) is 15. The summed E-state index contributed by atoms with van der Waals surface area (Å²) in [5.74, 6) is -1.65. The molecule has 0 spiro atoms. The Hall–Kier alpha value is -1.84. The van der Waals surface area contributed by atoms with Gasteiger partial charge in [0.2, 0.25) is 0 Å². The van der Waals surface area contributed by atoms with E-state index >= 15 is 0 Å². The molecule has 7 fully saturated rings. The van der Waals surface area contributed by atoms with E-state index < -0.39 is 306 Å². The van der Waals surface area contributed by atoms with E-state index in [4.69, 9.17) is 80.1 Å². The first-order chi connectivity index (χ1) is 67.6. The van der Waals surface area contributed by atoms with Crippen molar-refractivity contribution in [2.24, 2.45) is 5.92 Å². The minimum Gasteiger partial charge on any atom is -0.756 e. The van der Waals surface area contributed by atoms with Crippen molar-refractivity contribution in [1.82, 2.24) is 0 Å². The molecule has 0 bridgehead atoms. The average molecular weight is 2090 g/mol. The molecule has 39 atom stereocenters. The summed E-state index contributed by atoms with van der Waals surface area (Å²) in [6.45, 7) is 0.983. The summed E-state index contributed by atoms with van der Waals surface area (Å²) in [5.41, 5.74) is 0. The fourth-order valence-electron chi connectivity index (χ4n) is 18.6. The molecular formula is C96H174NaO44P. The van der Waals surface area contributed by atoms with E-state index in [1.54, 1.807) is 0 Å². The van der Waals surface area contributed by atoms with Crippen LogP contribution in [0.1, 0.15) is 304 Å². The van der Waals surface area contributed by atoms with Gasteiger partial charge in [0.1, 0.15) is 196 Å². The molecule has 1 saturated carbocycles. The van der Waals surface area contributed by atoms with Gasteiger partial charge < -0.3 is 197 Å². The van der Waals surface area contributed by atoms with Gasteiger partial charge in [0.05, 0.1) is 39.6 Å². The van der Waals surface area contributed by atoms with Gasteiger partial charge in [-0.25, -0.2) is 0 Å². The van der Waals surface area contributed by atoms with E-state index in [2.05, 4.69) is 27.7 Å². The van der Waals surface area contributed by atoms with E-state index in [1.165, 1.54) is 116 Å². The Morgan fingerprint density at radius 1 is 0.289 bits per heavy atom. The van der Waals surface area contributed by atoms with Crippen molar-refractivity contribution in [2.45, 2.75) is 531 Å². The maximum Gasteiger partial charge on any atom is 1.00 e. The standard InChI is InChI=1S/C96H175O44P.Na/c1-5-8-11-14-17-19-21-23-25-27-29-35-41-46-65(101)125-53-61-70(106)75(111)84(120)93(134-61)136-86-80(116)77(113)81(117)87(90(86)140-141(122,123)128-52-57(129-66(102)47-42-37-30-28-26-24-22-20-18-15-12-9-6-2)51-124-64(100)45-40-36-32-31-34-39-44-56(4)43-38-33-16-13-10-7-3)137-94-85(121)76(112)72(108)63(135-94)54-126-91-82(118)74(110)71(107)62(133-91)55-127-95-88(78(114)68(104)59(49-98)131-95)139-96-89(79(115)69(105)60(50-99)132-96)138-92-83(119)73(109)67(103)58(48-97)130-92;/h56-63,67-99,103-121H,5-55H2,1-4H3,(H,122,123);/q;+1/p-1/t56-,57-,58-,59-,60-,61-,62-,63-,67-,68-,69-,70-,71-,72-,73+,74+,75+,76+,77-,78+,79+,80-,81+,82+,83+,84+,85+,86-,87-,88+,89+,90-,91+,92-,93-,94-,95+,96-;/m1./s1. The van der Waals surface area contributed by atoms with Crippen LogP contribution in [0.2, 0.25) is 0 Å². The van der Waals surface area contributed by atoms with Crippen molar-refractivity contribution in [1.29, 1.82) is 0 Å². The average Bonchev–Trinajstić information content (AvgIpc) is 0.761. The SMILES string of the molecule is CCCCCCCCCCCCCCCC(=O)OC[C@H]1O[C@H](O[C@@H]2[C@H](O)[C@@H](O)[C@H](O)[C@@H](O[C@H]3O[C@H](CO[C@H]4O[C@H](CO[C@H]5O[C@H](CO)[C@@H](O)[C@H](O)[C@@H]5O[C@H]5O[C@H](CO)[C@@H](O)[C@H](O)[C@@H]5O[C@H]5O[C@H](CO)[C@@H](O)[C@H](O)[C@@H]5O)[C@@H](O)[C@H](O)[C@@H]4O)[C@@H](O)[C@H](O)[C@@H]3O)[C@@H]2OP(=O)([O-])OC[C@@H](COC(=O)CCCCCCCC[C@H](C)CCCCCCCC)OC(=O)CCCCCCCCCCCCCCC)[C@@H](O)[C@@H](O)[C@@H]1O.[Na+]. The molecule has 22 N–H and O–H groups in total. The third-order valence-electron chi connectivity index (χ3n) is 27.7. The van der Waals surface area contributed by atoms with E-state index in [1.807, 2.05) is 0 Å². The van der Waals surface area contributed by atoms with Gasteiger partial charge in [0.15, 0.2) is 43.8 Å². The molecule has 7 aliphatic rings. The topological polar surface area (TPSA) is 693 Å². The molecule has 0 aromatic carbocycles. The van der Waals surface area contributed by atoms with Crippen LogP contribution in [0.4, 0.5) is 0 Å². The summed E-state index contributed by atoms with van der Waals surface area (Å²) in [7, 11) is -6.21. The summed E-state index contributed by atoms with van der Waals surface area (Å²) in [5, 5.41) is 246. The minimum atomic E-state index is -6.21. The van der Waals surface area contributed by atoms with Gasteiger partial charge in [-0.05, 0) is 25.2 Å². The maximum atomic E-state index is 14.8. The second kappa shape index (κ2) is 69.7. The minimum absolute atomic E-state index is 0. The van der Waals surface area contributed by atoms with Gasteiger partial charge >= 0.3 is 47.5 Å². The fraction of sp³-hybridized carbons (Fsp3) is 0.969. The zero-order chi connectivity index (χ0) is 103. The summed E-state index contributed by atoms with van der Waals surface area (Å²) in [6, 6.07) is 0. The summed E-state index contributed by atoms with van der Waals surface area (Å²) in [6.07, 6.45) is -39.3. The number of aliphatic hydroxyl groups excluding tert-OH is 22. The monoisotopic (exact) mass is 2090 g/mol. The fourth-order valence-corrected chi connectivity index (χ4v) is 19.6. The molecule has 0 radical (unpaired) electrons. The van der Waals surface area contributed by atoms with Crippen molar-refractivity contribution in [3.63, 3.8) is 0 Å². The van der Waals surface area contributed by atoms with Crippen LogP contribution in [-0.2, 0) is 99.0 Å². The molecule has 6 saturated heterocycles. The first-order valence-electron chi connectivity index (χ1n) is 52.3. The third-order valence-corrected chi connectivity index (χ3v) is 28.7. The van der Waals surface area contributed by atoms with E-state index in [0.717, 1.165) is 103 Å². The molecule has 0 amide bonds. The molecule has 6 aliphatic heterocycles. The van der Waals surface area contributed by atoms with Crippen molar-refractivity contribution in [2.75, 3.05) is 52.9 Å². The Balaban J connectivity index is 0.0000309. The number of hydrogen-bond donors (Lipinski definition) is 22. The Bertz CT molecular complexity index is 3360. The van der Waals surface area contributed by atoms with Gasteiger partial charge in [0, 0.05) is 19.3 Å². The molecule has 1 aliphatic carbocycles. The number of carbonyl (C=O) groups is 3. The summed E-state index contributed by atoms with van der Waals surface area (Å²) < 4.78 is 113. The number of hydrogen-bond acceptors (Lipinski definition) is 44. The number of esters is 3. The third kappa shape index (κ3) is 42.2. The van der Waals surface area contributed by atoms with Crippen LogP contribution >= 0.6 is 7.82 Å². The van der Waals surface area contributed by atoms with Gasteiger partial charge in [0.25, 0.3) is 7.82 Å². The Labute approximate surface area is 856 Å². The number of rotatable bonds is 71. The van der Waals surface area contributed by atoms with Gasteiger partial charge in [-0.1, -0.05) is 265 Å². The smallest absolute Gasteiger partial charge is 0.756 e. The van der Waals surface area contributed by atoms with Crippen molar-refractivity contribution in [3.8, 4) is 0 Å². The quantitative estimate of drug-likeness (QED) is 0.0104. The zero-order valence-electron chi connectivity index (χ0n) is 83.8. The van der Waals surface area contributed by atoms with Gasteiger partial charge in [-0.2, -0.15) is 0 Å². The number of phosphoric acid groups is 1. The van der Waals surface area contributed by atoms with E-state index in [-0.39, 0.29) is 48.8 Å². The van der Waals surface area contributed by atoms with Crippen LogP contribution in [0.3, 0.4) is 0 Å². The molecule has 0 aromatic heterocycles. The van der Waals surface area contributed by atoms with Crippen LogP contribution in [0.25, 0.3) is 0 Å². The van der Waals surface area contributed by atoms with Crippen molar-refractivity contribution in [3.05, 3.63) is 0 Å². The zero-order valence-corrected chi connectivity index (χ0v) is 86.7. The summed E-state index contributed by atoms with van der Waals surface area (Å²) in [4.78, 5) is 55.1. The van der Waals surface area contributed by atoms with E-state index in [0.29, 0.717) is 44.4 Å². The van der Waals surface area contributed by atoms with Crippen LogP contribution in [0.5, 0.6) is 0 Å². The number of unbranched alkanes of at least 4 members (excludes halogenated alkanes) is 34. The number of carbonyl (C=O) groups excluding carboxylic acids is 3. The van der Waals surface area contributed by atoms with Gasteiger partial charge in [-0.3, -0.25) is 18.9 Å². The van der Waals surface area contributed by atoms with Crippen molar-refractivity contribution >= 4 is 25.7 Å². The Kier molecular flexibility index (Phi) is 63.3. The second-order valence-corrected chi connectivity index (χ2v) is 40.7. The number of phosphoric ester groups is 1. The first-order valence-corrected chi connectivity index (χ1v) is 53.7. The predicted molar refractivity (Wildman–Crippen MR) is 494 cm³/mol. The van der Waals surface area contributed by atoms with Crippen LogP contribution in [0.15, 0.2) is 0 Å². The van der Waals surface area contributed by atoms with Gasteiger partial charge in [-0.15, -0.1) is 0 Å². The van der Waals surface area contributed by atoms with Crippen LogP contribution in [0, 0.1) is 5.92 Å². The predicted octanol–water partition coefficient (Wildman–Crippen LogP) is -1.90. The maximum absolute atomic E-state index is 14.8. The Morgan fingerprint density at radius 2 is 0.556 bits per heavy atom. The molecule has 7 rings (SSSR count). The Morgan fingerprint density at radius 3 is 0.944 bits per heavy atom. The molecule has 0 aromatic rings. The molecule has 828 valence electrons. The van der Waals surface area contributed by atoms with E-state index in [9.17, 15) is 136 Å². The molecule has 1 unspecified atom stereocenters. The first kappa shape index (κ1) is 129. The molecule has 142 heavy (non-hydrogen) atoms. The molecule has 46 heteroatoms. The largest absolute Gasteiger partial charge is 1.00 e. The van der Waals surface area contributed by atoms with Crippen LogP contribution in [-0.4, -0.2) is 410 Å².